The van der Waals surface area contributed by atoms with Crippen molar-refractivity contribution in [3.05, 3.63) is 59.7 Å². The molecule has 2 aliphatic carbocycles. The van der Waals surface area contributed by atoms with Crippen LogP contribution in [-0.2, 0) is 9.53 Å². The Morgan fingerprint density at radius 2 is 1.66 bits per heavy atom. The summed E-state index contributed by atoms with van der Waals surface area (Å²) in [5.74, 6) is -0.910. The molecule has 0 bridgehead atoms. The summed E-state index contributed by atoms with van der Waals surface area (Å²) in [6.45, 7) is 1.87. The van der Waals surface area contributed by atoms with Crippen molar-refractivity contribution in [2.75, 3.05) is 19.7 Å². The first-order chi connectivity index (χ1) is 15.6. The van der Waals surface area contributed by atoms with E-state index in [-0.39, 0.29) is 24.6 Å². The number of hydrogen-bond donors (Lipinski definition) is 1. The molecule has 0 radical (unpaired) electrons. The lowest BCUT2D eigenvalue weighted by Gasteiger charge is -2.41. The van der Waals surface area contributed by atoms with Crippen molar-refractivity contribution in [2.45, 2.75) is 55.6 Å². The molecule has 0 spiro atoms. The summed E-state index contributed by atoms with van der Waals surface area (Å²) in [5, 5.41) is 10.4. The number of hydrogen-bond acceptors (Lipinski definition) is 4. The van der Waals surface area contributed by atoms with E-state index in [0.29, 0.717) is 6.42 Å². The summed E-state index contributed by atoms with van der Waals surface area (Å²) >= 11 is 0. The Hall–Kier alpha value is -2.86. The lowest BCUT2D eigenvalue weighted by atomic mass is 9.86. The van der Waals surface area contributed by atoms with E-state index in [1.807, 2.05) is 24.3 Å². The Labute approximate surface area is 187 Å². The van der Waals surface area contributed by atoms with Crippen molar-refractivity contribution in [3.8, 4) is 11.1 Å². The first kappa shape index (κ1) is 19.8. The molecule has 2 saturated heterocycles. The van der Waals surface area contributed by atoms with Crippen LogP contribution in [0.15, 0.2) is 48.5 Å². The Balaban J connectivity index is 1.28. The van der Waals surface area contributed by atoms with E-state index in [0.717, 1.165) is 49.9 Å². The lowest BCUT2D eigenvalue weighted by molar-refractivity contribution is -0.152. The van der Waals surface area contributed by atoms with Crippen LogP contribution in [0.3, 0.4) is 0 Å². The van der Waals surface area contributed by atoms with E-state index >= 15 is 0 Å². The van der Waals surface area contributed by atoms with Gasteiger partial charge in [0.2, 0.25) is 0 Å². The van der Waals surface area contributed by atoms with Gasteiger partial charge in [-0.2, -0.15) is 0 Å². The minimum absolute atomic E-state index is 0.0256. The standard InChI is InChI=1S/C26H28N2O4/c29-24(30)26(13-15-27-14-5-10-23(26)27)28(17-11-12-17)25(31)32-16-22-20-8-3-1-6-18(20)19-7-2-4-9-21(19)22/h1-4,6-9,17,22-23H,5,10-16H2,(H,29,30). The van der Waals surface area contributed by atoms with Gasteiger partial charge in [-0.25, -0.2) is 9.59 Å². The quantitative estimate of drug-likeness (QED) is 0.771. The monoisotopic (exact) mass is 432 g/mol. The van der Waals surface area contributed by atoms with Gasteiger partial charge < -0.3 is 9.84 Å². The minimum Gasteiger partial charge on any atom is -0.479 e. The lowest BCUT2D eigenvalue weighted by Crippen LogP contribution is -2.63. The van der Waals surface area contributed by atoms with E-state index in [4.69, 9.17) is 4.74 Å². The van der Waals surface area contributed by atoms with E-state index in [2.05, 4.69) is 29.2 Å². The minimum atomic E-state index is -1.17. The summed E-state index contributed by atoms with van der Waals surface area (Å²) in [6.07, 6.45) is 3.53. The zero-order valence-corrected chi connectivity index (χ0v) is 18.1. The number of nitrogens with zero attached hydrogens (tertiary/aromatic N) is 2. The van der Waals surface area contributed by atoms with E-state index < -0.39 is 17.6 Å². The fourth-order valence-electron chi connectivity index (χ4n) is 6.38. The molecule has 2 heterocycles. The van der Waals surface area contributed by atoms with Gasteiger partial charge in [0.1, 0.15) is 6.61 Å². The van der Waals surface area contributed by atoms with Gasteiger partial charge in [-0.1, -0.05) is 48.5 Å². The zero-order chi connectivity index (χ0) is 21.9. The Kier molecular flexibility index (Phi) is 4.54. The van der Waals surface area contributed by atoms with Gasteiger partial charge in [0.05, 0.1) is 0 Å². The first-order valence-corrected chi connectivity index (χ1v) is 11.7. The number of amides is 1. The van der Waals surface area contributed by atoms with Crippen LogP contribution in [-0.4, -0.2) is 64.3 Å². The number of ether oxygens (including phenoxy) is 1. The van der Waals surface area contributed by atoms with Crippen LogP contribution in [0.2, 0.25) is 0 Å². The number of carboxylic acid groups (broad SMARTS) is 1. The van der Waals surface area contributed by atoms with Crippen LogP contribution in [0.4, 0.5) is 4.79 Å². The summed E-state index contributed by atoms with van der Waals surface area (Å²) in [4.78, 5) is 30.0. The van der Waals surface area contributed by atoms with Gasteiger partial charge in [0.25, 0.3) is 0 Å². The van der Waals surface area contributed by atoms with Crippen molar-refractivity contribution in [1.29, 1.82) is 0 Å². The first-order valence-electron chi connectivity index (χ1n) is 11.7. The van der Waals surface area contributed by atoms with E-state index in [9.17, 15) is 14.7 Å². The highest BCUT2D eigenvalue weighted by Crippen LogP contribution is 2.47. The molecule has 2 atom stereocenters. The number of carboxylic acids is 1. The molecule has 1 saturated carbocycles. The average Bonchev–Trinajstić information content (AvgIpc) is 3.26. The molecule has 6 nitrogen and oxygen atoms in total. The third kappa shape index (κ3) is 2.82. The maximum absolute atomic E-state index is 13.5. The van der Waals surface area contributed by atoms with Crippen LogP contribution in [0.25, 0.3) is 11.1 Å². The van der Waals surface area contributed by atoms with Gasteiger partial charge in [-0.15, -0.1) is 0 Å². The van der Waals surface area contributed by atoms with Crippen LogP contribution in [0, 0.1) is 0 Å². The molecular weight excluding hydrogens is 404 g/mol. The number of benzene rings is 2. The molecule has 6 rings (SSSR count). The molecule has 2 unspecified atom stereocenters. The highest BCUT2D eigenvalue weighted by atomic mass is 16.6. The molecule has 1 amide bonds. The summed E-state index contributed by atoms with van der Waals surface area (Å²) in [6, 6.07) is 16.4. The average molecular weight is 433 g/mol. The van der Waals surface area contributed by atoms with Gasteiger partial charge in [-0.05, 0) is 60.9 Å². The normalized spacial score (nSPS) is 26.4. The predicted molar refractivity (Wildman–Crippen MR) is 120 cm³/mol. The number of fused-ring (bicyclic) bond motifs is 4. The third-order valence-electron chi connectivity index (χ3n) is 7.94. The summed E-state index contributed by atoms with van der Waals surface area (Å²) in [7, 11) is 0. The number of aliphatic carboxylic acids is 1. The van der Waals surface area contributed by atoms with Gasteiger partial charge in [-0.3, -0.25) is 9.80 Å². The summed E-state index contributed by atoms with van der Waals surface area (Å²) in [5.41, 5.74) is 3.52. The molecule has 0 aromatic heterocycles. The topological polar surface area (TPSA) is 70.1 Å². The number of carbonyl (C=O) groups excluding carboxylic acids is 1. The second-order valence-electron chi connectivity index (χ2n) is 9.58. The molecule has 3 fully saturated rings. The smallest absolute Gasteiger partial charge is 0.411 e. The largest absolute Gasteiger partial charge is 0.479 e. The number of rotatable bonds is 5. The molecule has 1 N–H and O–H groups in total. The van der Waals surface area contributed by atoms with Crippen molar-refractivity contribution < 1.29 is 19.4 Å². The van der Waals surface area contributed by atoms with E-state index in [1.165, 1.54) is 11.1 Å². The van der Waals surface area contributed by atoms with Crippen LogP contribution in [0.1, 0.15) is 49.1 Å². The molecule has 32 heavy (non-hydrogen) atoms. The Morgan fingerprint density at radius 3 is 2.28 bits per heavy atom. The molecule has 2 aliphatic heterocycles. The molecule has 2 aromatic carbocycles. The molecule has 6 heteroatoms. The predicted octanol–water partition coefficient (Wildman–Crippen LogP) is 4.09. The van der Waals surface area contributed by atoms with Gasteiger partial charge >= 0.3 is 12.1 Å². The Bertz CT molecular complexity index is 1040. The van der Waals surface area contributed by atoms with Crippen LogP contribution < -0.4 is 0 Å². The van der Waals surface area contributed by atoms with Crippen LogP contribution >= 0.6 is 0 Å². The van der Waals surface area contributed by atoms with Crippen molar-refractivity contribution in [1.82, 2.24) is 9.80 Å². The fourth-order valence-corrected chi connectivity index (χ4v) is 6.38. The highest BCUT2D eigenvalue weighted by molar-refractivity contribution is 5.87. The zero-order valence-electron chi connectivity index (χ0n) is 18.1. The second kappa shape index (κ2) is 7.34. The molecule has 166 valence electrons. The maximum atomic E-state index is 13.5. The van der Waals surface area contributed by atoms with Crippen LogP contribution in [0.5, 0.6) is 0 Å². The third-order valence-corrected chi connectivity index (χ3v) is 7.94. The van der Waals surface area contributed by atoms with Crippen molar-refractivity contribution in [3.63, 3.8) is 0 Å². The molecule has 4 aliphatic rings. The van der Waals surface area contributed by atoms with E-state index in [1.54, 1.807) is 4.90 Å². The van der Waals surface area contributed by atoms with Crippen molar-refractivity contribution >= 4 is 12.1 Å². The molecule has 2 aromatic rings. The SMILES string of the molecule is O=C(OCC1c2ccccc2-c2ccccc21)N(C1CC1)C1(C(=O)O)CCN2CCCC21. The number of carbonyl (C=O) groups is 2. The van der Waals surface area contributed by atoms with Gasteiger partial charge in [0.15, 0.2) is 5.54 Å². The van der Waals surface area contributed by atoms with Crippen molar-refractivity contribution in [2.24, 2.45) is 0 Å². The fraction of sp³-hybridized carbons (Fsp3) is 0.462. The molecular formula is C26H28N2O4. The maximum Gasteiger partial charge on any atom is 0.411 e. The van der Waals surface area contributed by atoms with Gasteiger partial charge in [0, 0.05) is 24.5 Å². The highest BCUT2D eigenvalue weighted by Gasteiger charge is 2.62. The Morgan fingerprint density at radius 1 is 1.00 bits per heavy atom. The summed E-state index contributed by atoms with van der Waals surface area (Å²) < 4.78 is 5.94. The second-order valence-corrected chi connectivity index (χ2v) is 9.58.